The molecule has 1 unspecified atom stereocenters. The van der Waals surface area contributed by atoms with Gasteiger partial charge in [0.05, 0.1) is 13.2 Å². The van der Waals surface area contributed by atoms with Crippen molar-refractivity contribution in [1.29, 1.82) is 0 Å². The molecule has 10 heteroatoms. The summed E-state index contributed by atoms with van der Waals surface area (Å²) in [6, 6.07) is 0. The number of rotatable bonds is 40. The summed E-state index contributed by atoms with van der Waals surface area (Å²) < 4.78 is 32.7. The molecule has 0 bridgehead atoms. The quantitative estimate of drug-likeness (QED) is 0.0268. The topological polar surface area (TPSA) is 134 Å². The lowest BCUT2D eigenvalue weighted by Gasteiger charge is -2.19. The van der Waals surface area contributed by atoms with E-state index in [1.54, 1.807) is 0 Å². The van der Waals surface area contributed by atoms with Crippen molar-refractivity contribution in [1.82, 2.24) is 0 Å². The Balaban J connectivity index is 4.24. The normalized spacial score (nSPS) is 14.1. The molecule has 0 spiro atoms. The van der Waals surface area contributed by atoms with E-state index in [0.717, 1.165) is 64.2 Å². The first-order valence-corrected chi connectivity index (χ1v) is 23.6. The Hall–Kier alpha value is -2.81. The lowest BCUT2D eigenvalue weighted by atomic mass is 10.1. The summed E-state index contributed by atoms with van der Waals surface area (Å²) >= 11 is 0. The zero-order chi connectivity index (χ0) is 41.8. The van der Waals surface area contributed by atoms with E-state index in [0.29, 0.717) is 19.3 Å². The van der Waals surface area contributed by atoms with E-state index in [1.165, 1.54) is 57.8 Å². The van der Waals surface area contributed by atoms with Gasteiger partial charge in [-0.15, -0.1) is 0 Å². The van der Waals surface area contributed by atoms with Crippen LogP contribution in [0.25, 0.3) is 0 Å². The molecule has 0 aromatic carbocycles. The third-order valence-corrected chi connectivity index (χ3v) is 9.75. The fourth-order valence-electron chi connectivity index (χ4n) is 5.52. The van der Waals surface area contributed by atoms with Crippen molar-refractivity contribution in [2.24, 2.45) is 5.73 Å². The first-order valence-electron chi connectivity index (χ1n) is 22.1. The van der Waals surface area contributed by atoms with E-state index >= 15 is 0 Å². The highest BCUT2D eigenvalue weighted by molar-refractivity contribution is 7.47. The van der Waals surface area contributed by atoms with Crippen LogP contribution in [0.5, 0.6) is 0 Å². The van der Waals surface area contributed by atoms with E-state index in [1.807, 2.05) is 6.08 Å². The Bertz CT molecular complexity index is 1210. The number of phosphoric acid groups is 1. The first kappa shape index (κ1) is 54.2. The Labute approximate surface area is 347 Å². The number of allylic oxidation sites excluding steroid dienone is 14. The molecule has 2 atom stereocenters. The molecule has 0 saturated carbocycles. The van der Waals surface area contributed by atoms with E-state index in [-0.39, 0.29) is 32.6 Å². The Morgan fingerprint density at radius 3 is 1.49 bits per heavy atom. The molecule has 9 nitrogen and oxygen atoms in total. The summed E-state index contributed by atoms with van der Waals surface area (Å²) in [7, 11) is -4.40. The SMILES string of the molecule is CC/C=C/C/C=C/C/C=C/C/C=C/C/C=C/CCCC(=O)O[C@H](COC(=O)CCCCCCCCCCC/C=C/C/C=C/CCCCC)COP(=O)(O)OCCN. The van der Waals surface area contributed by atoms with E-state index < -0.39 is 32.5 Å². The van der Waals surface area contributed by atoms with Gasteiger partial charge in [-0.2, -0.15) is 0 Å². The minimum absolute atomic E-state index is 0.0394. The van der Waals surface area contributed by atoms with Crippen LogP contribution in [0.4, 0.5) is 0 Å². The minimum Gasteiger partial charge on any atom is -0.462 e. The van der Waals surface area contributed by atoms with Gasteiger partial charge >= 0.3 is 19.8 Å². The molecule has 0 radical (unpaired) electrons. The highest BCUT2D eigenvalue weighted by Crippen LogP contribution is 2.43. The van der Waals surface area contributed by atoms with Gasteiger partial charge in [-0.3, -0.25) is 18.6 Å². The summed E-state index contributed by atoms with van der Waals surface area (Å²) in [4.78, 5) is 34.9. The number of ether oxygens (including phenoxy) is 2. The molecule has 0 aliphatic rings. The molecule has 0 aliphatic carbocycles. The standard InChI is InChI=1S/C47H80NO8P/c1-3-5-7-9-11-13-15-17-19-21-22-24-25-27-29-31-33-35-37-39-46(49)53-43-45(44-55-57(51,52)54-42-41-48)56-47(50)40-38-36-34-32-30-28-26-23-20-18-16-14-12-10-8-6-4-2/h6,8,11-14,17-20,26,28,32,34,45H,3-5,7,9-10,15-16,21-25,27,29-31,33,35-44,48H2,1-2H3,(H,51,52)/b8-6+,13-11+,14-12+,19-17+,20-18+,28-26+,34-32+/t45-/m1/s1. The van der Waals surface area contributed by atoms with Gasteiger partial charge < -0.3 is 20.1 Å². The second-order valence-electron chi connectivity index (χ2n) is 14.2. The predicted octanol–water partition coefficient (Wildman–Crippen LogP) is 12.8. The molecule has 0 amide bonds. The summed E-state index contributed by atoms with van der Waals surface area (Å²) in [5.74, 6) is -0.908. The predicted molar refractivity (Wildman–Crippen MR) is 238 cm³/mol. The van der Waals surface area contributed by atoms with Gasteiger partial charge in [0.15, 0.2) is 6.10 Å². The maximum Gasteiger partial charge on any atom is 0.472 e. The van der Waals surface area contributed by atoms with Gasteiger partial charge in [0.1, 0.15) is 6.61 Å². The highest BCUT2D eigenvalue weighted by Gasteiger charge is 2.25. The molecule has 0 aromatic heterocycles. The van der Waals surface area contributed by atoms with Gasteiger partial charge in [0.25, 0.3) is 0 Å². The van der Waals surface area contributed by atoms with Crippen LogP contribution in [0.15, 0.2) is 85.1 Å². The molecule has 0 saturated heterocycles. The van der Waals surface area contributed by atoms with Crippen molar-refractivity contribution >= 4 is 19.8 Å². The van der Waals surface area contributed by atoms with E-state index in [2.05, 4.69) is 92.8 Å². The second-order valence-corrected chi connectivity index (χ2v) is 15.6. The Morgan fingerprint density at radius 2 is 0.982 bits per heavy atom. The summed E-state index contributed by atoms with van der Waals surface area (Å²) in [5, 5.41) is 0. The van der Waals surface area contributed by atoms with Crippen molar-refractivity contribution in [2.45, 2.75) is 174 Å². The molecule has 0 rings (SSSR count). The molecular formula is C47H80NO8P. The van der Waals surface area contributed by atoms with Crippen LogP contribution in [0.1, 0.15) is 168 Å². The third kappa shape index (κ3) is 42.6. The van der Waals surface area contributed by atoms with Crippen molar-refractivity contribution in [3.63, 3.8) is 0 Å². The average Bonchev–Trinajstić information content (AvgIpc) is 3.20. The fourth-order valence-corrected chi connectivity index (χ4v) is 6.29. The summed E-state index contributed by atoms with van der Waals surface area (Å²) in [6.07, 6.45) is 53.3. The number of unbranched alkanes of at least 4 members (excludes halogenated alkanes) is 13. The number of carbonyl (C=O) groups excluding carboxylic acids is 2. The Kier molecular flexibility index (Phi) is 40.7. The van der Waals surface area contributed by atoms with Crippen molar-refractivity contribution in [2.75, 3.05) is 26.4 Å². The maximum atomic E-state index is 12.6. The average molecular weight is 818 g/mol. The van der Waals surface area contributed by atoms with Gasteiger partial charge in [0, 0.05) is 19.4 Å². The number of carbonyl (C=O) groups is 2. The molecule has 326 valence electrons. The number of hydrogen-bond donors (Lipinski definition) is 2. The molecule has 3 N–H and O–H groups in total. The number of phosphoric ester groups is 1. The van der Waals surface area contributed by atoms with Crippen LogP contribution < -0.4 is 5.73 Å². The van der Waals surface area contributed by atoms with Gasteiger partial charge in [-0.05, 0) is 83.5 Å². The van der Waals surface area contributed by atoms with Gasteiger partial charge in [-0.1, -0.05) is 157 Å². The van der Waals surface area contributed by atoms with Crippen molar-refractivity contribution < 1.29 is 37.6 Å². The number of hydrogen-bond acceptors (Lipinski definition) is 8. The molecule has 0 fully saturated rings. The zero-order valence-corrected chi connectivity index (χ0v) is 36.7. The number of nitrogens with two attached hydrogens (primary N) is 1. The monoisotopic (exact) mass is 818 g/mol. The molecule has 0 aliphatic heterocycles. The first-order chi connectivity index (χ1) is 27.8. The maximum absolute atomic E-state index is 12.6. The molecule has 0 aromatic rings. The summed E-state index contributed by atoms with van der Waals surface area (Å²) in [5.41, 5.74) is 5.34. The van der Waals surface area contributed by atoms with Crippen LogP contribution >= 0.6 is 7.82 Å². The smallest absolute Gasteiger partial charge is 0.462 e. The highest BCUT2D eigenvalue weighted by atomic mass is 31.2. The van der Waals surface area contributed by atoms with Crippen molar-refractivity contribution in [3.05, 3.63) is 85.1 Å². The van der Waals surface area contributed by atoms with Gasteiger partial charge in [-0.25, -0.2) is 4.57 Å². The zero-order valence-electron chi connectivity index (χ0n) is 35.8. The number of esters is 2. The van der Waals surface area contributed by atoms with Crippen LogP contribution in [-0.4, -0.2) is 49.3 Å². The molecular weight excluding hydrogens is 737 g/mol. The van der Waals surface area contributed by atoms with Crippen LogP contribution in [0.2, 0.25) is 0 Å². The van der Waals surface area contributed by atoms with E-state index in [4.69, 9.17) is 24.3 Å². The third-order valence-electron chi connectivity index (χ3n) is 8.77. The Morgan fingerprint density at radius 1 is 0.544 bits per heavy atom. The lowest BCUT2D eigenvalue weighted by Crippen LogP contribution is -2.29. The van der Waals surface area contributed by atoms with Crippen LogP contribution in [0.3, 0.4) is 0 Å². The fraction of sp³-hybridized carbons (Fsp3) is 0.660. The minimum atomic E-state index is -4.40. The second kappa shape index (κ2) is 42.8. The molecule has 0 heterocycles. The van der Waals surface area contributed by atoms with Crippen LogP contribution in [0, 0.1) is 0 Å². The lowest BCUT2D eigenvalue weighted by molar-refractivity contribution is -0.161. The van der Waals surface area contributed by atoms with Crippen LogP contribution in [-0.2, 0) is 32.7 Å². The van der Waals surface area contributed by atoms with Gasteiger partial charge in [0.2, 0.25) is 0 Å². The molecule has 57 heavy (non-hydrogen) atoms. The van der Waals surface area contributed by atoms with E-state index in [9.17, 15) is 19.0 Å². The largest absolute Gasteiger partial charge is 0.472 e. The summed E-state index contributed by atoms with van der Waals surface area (Å²) in [6.45, 7) is 3.51. The van der Waals surface area contributed by atoms with Crippen molar-refractivity contribution in [3.8, 4) is 0 Å².